The summed E-state index contributed by atoms with van der Waals surface area (Å²) in [4.78, 5) is 1.93. The molecule has 0 amide bonds. The van der Waals surface area contributed by atoms with Crippen molar-refractivity contribution in [3.63, 3.8) is 0 Å². The third kappa shape index (κ3) is 4.92. The van der Waals surface area contributed by atoms with Crippen molar-refractivity contribution in [3.05, 3.63) is 234 Å². The van der Waals surface area contributed by atoms with Crippen LogP contribution in [-0.2, 0) is 5.41 Å². The van der Waals surface area contributed by atoms with Crippen LogP contribution in [0, 0.1) is 0 Å². The first-order valence-electron chi connectivity index (χ1n) is 20.6. The van der Waals surface area contributed by atoms with Crippen molar-refractivity contribution in [3.8, 4) is 22.3 Å². The first kappa shape index (κ1) is 27.8. The minimum absolute atomic E-state index is 0.0757. The second kappa shape index (κ2) is 12.7. The molecule has 1 aromatic heterocycles. The molecule has 9 aromatic carbocycles. The summed E-state index contributed by atoms with van der Waals surface area (Å²) >= 11 is 1.62. The molecule has 0 bridgehead atoms. The molecule has 258 valence electrons. The zero-order valence-corrected chi connectivity index (χ0v) is 30.6. The molecule has 0 aliphatic heterocycles. The third-order valence-corrected chi connectivity index (χ3v) is 12.4. The smallest absolute Gasteiger partial charge is 0.0714 e. The van der Waals surface area contributed by atoms with Gasteiger partial charge in [-0.1, -0.05) is 170 Å². The number of rotatable bonds is 6. The highest BCUT2D eigenvalue weighted by Gasteiger charge is 2.46. The molecule has 0 N–H and O–H groups in total. The van der Waals surface area contributed by atoms with Gasteiger partial charge < -0.3 is 4.90 Å². The van der Waals surface area contributed by atoms with E-state index < -0.39 is 5.41 Å². The summed E-state index contributed by atoms with van der Waals surface area (Å²) in [5, 5.41) is 4.24. The van der Waals surface area contributed by atoms with Crippen molar-refractivity contribution in [2.45, 2.75) is 5.41 Å². The van der Waals surface area contributed by atoms with E-state index in [1.54, 1.807) is 11.3 Å². The number of hydrogen-bond acceptors (Lipinski definition) is 2. The van der Waals surface area contributed by atoms with E-state index in [1.807, 2.05) is 47.4 Å². The molecular weight excluding hydrogens is 683 g/mol. The summed E-state index contributed by atoms with van der Waals surface area (Å²) in [7, 11) is 0. The van der Waals surface area contributed by atoms with E-state index in [1.165, 1.54) is 5.56 Å². The van der Waals surface area contributed by atoms with Crippen molar-refractivity contribution in [1.82, 2.24) is 0 Å². The Morgan fingerprint density at radius 3 is 1.82 bits per heavy atom. The molecule has 0 atom stereocenters. The topological polar surface area (TPSA) is 3.24 Å². The van der Waals surface area contributed by atoms with Gasteiger partial charge in [0.1, 0.15) is 0 Å². The molecule has 1 aliphatic rings. The molecule has 55 heavy (non-hydrogen) atoms. The maximum atomic E-state index is 9.81. The second-order valence-electron chi connectivity index (χ2n) is 14.1. The molecule has 0 spiro atoms. The quantitative estimate of drug-likeness (QED) is 0.165. The fourth-order valence-corrected chi connectivity index (χ4v) is 10.0. The Hall–Kier alpha value is -6.74. The van der Waals surface area contributed by atoms with Crippen molar-refractivity contribution in [2.24, 2.45) is 0 Å². The number of anilines is 3. The van der Waals surface area contributed by atoms with E-state index in [0.29, 0.717) is 11.1 Å². The van der Waals surface area contributed by atoms with Crippen LogP contribution in [0.3, 0.4) is 0 Å². The lowest BCUT2D eigenvalue weighted by Crippen LogP contribution is -2.28. The van der Waals surface area contributed by atoms with E-state index in [-0.39, 0.29) is 29.9 Å². The van der Waals surface area contributed by atoms with Crippen LogP contribution in [-0.4, -0.2) is 0 Å². The highest BCUT2D eigenvalue weighted by molar-refractivity contribution is 7.26. The fraction of sp³-hybridized carbons (Fsp3) is 0.0189. The molecule has 0 saturated heterocycles. The third-order valence-electron chi connectivity index (χ3n) is 11.2. The van der Waals surface area contributed by atoms with Crippen LogP contribution in [0.4, 0.5) is 17.1 Å². The van der Waals surface area contributed by atoms with E-state index >= 15 is 0 Å². The Bertz CT molecular complexity index is 3220. The molecule has 10 aromatic rings. The van der Waals surface area contributed by atoms with Gasteiger partial charge in [-0.15, -0.1) is 11.3 Å². The summed E-state index contributed by atoms with van der Waals surface area (Å²) in [6, 6.07) is 64.5. The van der Waals surface area contributed by atoms with Crippen molar-refractivity contribution >= 4 is 59.3 Å². The van der Waals surface area contributed by atoms with Gasteiger partial charge in [0.2, 0.25) is 0 Å². The number of fused-ring (bicyclic) bond motifs is 7. The molecule has 1 heterocycles. The molecule has 2 heteroatoms. The van der Waals surface area contributed by atoms with E-state index in [9.17, 15) is 5.48 Å². The van der Waals surface area contributed by atoms with Crippen molar-refractivity contribution in [2.75, 3.05) is 4.90 Å². The van der Waals surface area contributed by atoms with Crippen molar-refractivity contribution in [1.29, 1.82) is 0 Å². The number of benzene rings is 9. The van der Waals surface area contributed by atoms with Crippen LogP contribution in [0.25, 0.3) is 53.2 Å². The van der Waals surface area contributed by atoms with Gasteiger partial charge in [-0.2, -0.15) is 0 Å². The highest BCUT2D eigenvalue weighted by atomic mass is 32.1. The number of hydrogen-bond donors (Lipinski definition) is 0. The van der Waals surface area contributed by atoms with Crippen LogP contribution in [0.2, 0.25) is 0 Å². The Morgan fingerprint density at radius 1 is 0.418 bits per heavy atom. The molecule has 0 saturated carbocycles. The summed E-state index contributed by atoms with van der Waals surface area (Å²) in [5.74, 6) is 0. The lowest BCUT2D eigenvalue weighted by molar-refractivity contribution is 0.768. The molecule has 0 radical (unpaired) electrons. The van der Waals surface area contributed by atoms with Crippen molar-refractivity contribution < 1.29 is 5.48 Å². The minimum Gasteiger partial charge on any atom is -0.310 e. The normalized spacial score (nSPS) is 13.9. The van der Waals surface area contributed by atoms with Crippen LogP contribution in [0.5, 0.6) is 0 Å². The Kier molecular flexibility index (Phi) is 6.42. The predicted octanol–water partition coefficient (Wildman–Crippen LogP) is 14.7. The summed E-state index contributed by atoms with van der Waals surface area (Å²) in [6.07, 6.45) is 0. The summed E-state index contributed by atoms with van der Waals surface area (Å²) in [5.41, 5.74) is 8.83. The first-order chi connectivity index (χ1) is 28.9. The average molecular weight is 722 g/mol. The van der Waals surface area contributed by atoms with Gasteiger partial charge in [0.15, 0.2) is 0 Å². The Balaban J connectivity index is 1.19. The predicted molar refractivity (Wildman–Crippen MR) is 234 cm³/mol. The zero-order chi connectivity index (χ0) is 39.8. The van der Waals surface area contributed by atoms with Gasteiger partial charge in [0.25, 0.3) is 0 Å². The van der Waals surface area contributed by atoms with Gasteiger partial charge >= 0.3 is 0 Å². The first-order valence-corrected chi connectivity index (χ1v) is 19.4. The fourth-order valence-electron chi connectivity index (χ4n) is 8.79. The summed E-state index contributed by atoms with van der Waals surface area (Å²) in [6.45, 7) is 0. The van der Waals surface area contributed by atoms with Crippen LogP contribution >= 0.6 is 11.3 Å². The Morgan fingerprint density at radius 2 is 1.02 bits per heavy atom. The SMILES string of the molecule is [2H]c1c([2H])c(N(c2ccc3c(c2)C(c2ccccc2)(c2ccccc2)c2ccccc2-3)c2ccc3ccccc3c2)c([2H])c([2H])c1-c1cccc2c1sc1ccccc12. The standard InChI is InChI=1S/C53H35NS/c1-3-16-39(17-4-1)53(40-18-5-2-6-19-40)49-24-11-9-20-45(49)46-33-32-43(35-50(46)53)54(42-31-26-36-14-7-8-15-38(36)34-42)41-29-27-37(28-30-41)44-22-13-23-48-47-21-10-12-25-51(47)55-52(44)48/h1-35H/i27D,28D,29D,30D. The molecule has 0 fully saturated rings. The lowest BCUT2D eigenvalue weighted by atomic mass is 9.67. The molecule has 1 nitrogen and oxygen atoms in total. The van der Waals surface area contributed by atoms with Gasteiger partial charge in [-0.05, 0) is 97.7 Å². The maximum Gasteiger partial charge on any atom is 0.0714 e. The van der Waals surface area contributed by atoms with E-state index in [0.717, 1.165) is 70.1 Å². The molecule has 0 unspecified atom stereocenters. The van der Waals surface area contributed by atoms with Gasteiger partial charge in [-0.3, -0.25) is 0 Å². The largest absolute Gasteiger partial charge is 0.310 e. The zero-order valence-electron chi connectivity index (χ0n) is 33.8. The van der Waals surface area contributed by atoms with Gasteiger partial charge in [0, 0.05) is 37.2 Å². The van der Waals surface area contributed by atoms with Crippen LogP contribution in [0.1, 0.15) is 27.7 Å². The molecular formula is C53H35NS. The number of nitrogens with zero attached hydrogens (tertiary/aromatic N) is 1. The molecule has 1 aliphatic carbocycles. The van der Waals surface area contributed by atoms with E-state index in [2.05, 4.69) is 146 Å². The monoisotopic (exact) mass is 721 g/mol. The van der Waals surface area contributed by atoms with Crippen LogP contribution < -0.4 is 4.90 Å². The number of thiophene rings is 1. The Labute approximate surface area is 330 Å². The maximum absolute atomic E-state index is 9.81. The van der Waals surface area contributed by atoms with E-state index in [4.69, 9.17) is 0 Å². The summed E-state index contributed by atoms with van der Waals surface area (Å²) < 4.78 is 41.0. The minimum atomic E-state index is -0.666. The van der Waals surface area contributed by atoms with Crippen LogP contribution in [0.15, 0.2) is 212 Å². The van der Waals surface area contributed by atoms with Gasteiger partial charge in [0.05, 0.1) is 10.9 Å². The molecule has 11 rings (SSSR count). The average Bonchev–Trinajstić information content (AvgIpc) is 3.82. The second-order valence-corrected chi connectivity index (χ2v) is 15.2. The highest BCUT2D eigenvalue weighted by Crippen LogP contribution is 2.57. The lowest BCUT2D eigenvalue weighted by Gasteiger charge is -2.35. The van der Waals surface area contributed by atoms with Gasteiger partial charge in [-0.25, -0.2) is 0 Å².